The summed E-state index contributed by atoms with van der Waals surface area (Å²) in [6, 6.07) is 0. The van der Waals surface area contributed by atoms with E-state index in [-0.39, 0.29) is 240 Å². The summed E-state index contributed by atoms with van der Waals surface area (Å²) in [5.74, 6) is 0. The molecule has 45 nitrogen and oxygen atoms in total. The monoisotopic (exact) mass is 1870 g/mol. The molecule has 0 aliphatic carbocycles. The van der Waals surface area contributed by atoms with Crippen molar-refractivity contribution in [1.29, 1.82) is 221 Å². The summed E-state index contributed by atoms with van der Waals surface area (Å²) in [5.41, 5.74) is 0. The SMILES string of the molecule is [C-]#N.[C-]#N.[C-]#N.[C-]#N.[C-]#N.[C-]#N.[C-]#N.[C-]#N.[C-]#N.[C-]#N.[C-]#N.[C-]#N.[C-]#N.[C-]#N.[C-]#N.[C-]#N.[C-]#N.[C-]#N.[C-]#N.[C-]#N.[C-]#N.[C-]#N.[C-]#N.[C-]#N.[C-]#N.[C-]#N.[C-]#N.[C-]#N.[C-]#N.[C-]#N.[C-]#N.[C-]#N.[C-]#N.[C-]#N.[C-]#N.[C-]#N.[C-]#N.[C-]#N.[C-]#N.[C-]#N.[C-]#N.[C-]#N.[Fe+3].[Fe+3].[Fe+3].[Fe+3].[Fe+3].[Fe+3].[Fe+3].[Fe+3].[Fe+3].[Fe+3].[Fe+3].[Fe+3].[Fe+3].[NH4+].[NH4+].[NH4+]. The molecule has 0 unspecified atom stereocenters. The van der Waals surface area contributed by atoms with Gasteiger partial charge >= 0.3 is 222 Å². The Hall–Kier alpha value is -14.8. The van der Waals surface area contributed by atoms with Crippen molar-refractivity contribution in [1.82, 2.24) is 18.5 Å². The standard InChI is InChI=1S/42CN.13Fe.3H3N/c42*1-2;;;;;;;;;;;;;;;;/h;;;;;;;;;;;;;;;;;;;;;;;;;;;;;;;;;;;;;;;;;;;;;;;;;;;;;;;3*1H3/q42*-1;13*+3;;;/p+3. The fourth-order valence-corrected chi connectivity index (χ4v) is 0. The quantitative estimate of drug-likeness (QED) is 0.209. The van der Waals surface area contributed by atoms with Crippen molar-refractivity contribution in [2.24, 2.45) is 0 Å². The Kier molecular flexibility index (Phi) is 21800. The Morgan fingerprint density at radius 2 is 0.0500 bits per heavy atom. The van der Waals surface area contributed by atoms with Crippen LogP contribution in [0.1, 0.15) is 0 Å². The average molecular weight is 1870 g/mol. The average Bonchev–Trinajstić information content (AvgIpc) is 3.74. The van der Waals surface area contributed by atoms with Gasteiger partial charge in [0.25, 0.3) is 0 Å². The minimum Gasteiger partial charge on any atom is -0.512 e. The van der Waals surface area contributed by atoms with Gasteiger partial charge in [-0.15, -0.1) is 0 Å². The van der Waals surface area contributed by atoms with Crippen LogP contribution in [0.15, 0.2) is 0 Å². The summed E-state index contributed by atoms with van der Waals surface area (Å²) < 4.78 is 0. The summed E-state index contributed by atoms with van der Waals surface area (Å²) in [6.07, 6.45) is 0. The van der Waals surface area contributed by atoms with Gasteiger partial charge in [-0.3, -0.25) is 0 Å². The van der Waals surface area contributed by atoms with Crippen LogP contribution in [0.5, 0.6) is 0 Å². The first-order chi connectivity index (χ1) is 42.0. The summed E-state index contributed by atoms with van der Waals surface area (Å²) in [5, 5.41) is 262. The molecule has 100 heavy (non-hydrogen) atoms. The van der Waals surface area contributed by atoms with Crippen molar-refractivity contribution >= 4 is 0 Å². The molecule has 509 valence electrons. The van der Waals surface area contributed by atoms with E-state index >= 15 is 0 Å². The fraction of sp³-hybridized carbons (Fsp3) is 0. The van der Waals surface area contributed by atoms with Crippen LogP contribution in [0.3, 0.4) is 0 Å². The van der Waals surface area contributed by atoms with Gasteiger partial charge in [0.1, 0.15) is 0 Å². The molecule has 0 fully saturated rings. The van der Waals surface area contributed by atoms with Crippen LogP contribution in [-0.2, 0) is 222 Å². The van der Waals surface area contributed by atoms with Crippen molar-refractivity contribution in [3.8, 4) is 0 Å². The molecule has 0 saturated heterocycles. The zero-order chi connectivity index (χ0) is 84.0. The van der Waals surface area contributed by atoms with Crippen LogP contribution in [0.2, 0.25) is 0 Å². The zero-order valence-electron chi connectivity index (χ0n) is 47.4. The molecule has 0 aromatic carbocycles. The van der Waals surface area contributed by atoms with Gasteiger partial charge in [0.15, 0.2) is 0 Å². The smallest absolute Gasteiger partial charge is 0.512 e. The summed E-state index contributed by atoms with van der Waals surface area (Å²) >= 11 is 0. The number of hydrogen-bond donors (Lipinski definition) is 3. The zero-order valence-corrected chi connectivity index (χ0v) is 61.7. The van der Waals surface area contributed by atoms with Crippen LogP contribution in [-0.4, -0.2) is 0 Å². The van der Waals surface area contributed by atoms with Gasteiger partial charge in [-0.05, 0) is 0 Å². The molecule has 0 aromatic heterocycles. The predicted octanol–water partition coefficient (Wildman–Crippen LogP) is 5.14. The van der Waals surface area contributed by atoms with Crippen molar-refractivity contribution in [3.05, 3.63) is 276 Å². The largest absolute Gasteiger partial charge is 3.00 e. The Bertz CT molecular complexity index is 1020. The third kappa shape index (κ3) is 2570. The Labute approximate surface area is 730 Å². The van der Waals surface area contributed by atoms with Gasteiger partial charge in [-0.25, -0.2) is 0 Å². The first-order valence-electron chi connectivity index (χ1n) is 9.39. The molecule has 0 rings (SSSR count). The van der Waals surface area contributed by atoms with Gasteiger partial charge in [-0.2, -0.15) is 0 Å². The van der Waals surface area contributed by atoms with Gasteiger partial charge < -0.3 is 515 Å². The maximum Gasteiger partial charge on any atom is 3.00 e. The topological polar surface area (TPSA) is 1110 Å². The second-order valence-electron chi connectivity index (χ2n) is 0. The van der Waals surface area contributed by atoms with Crippen molar-refractivity contribution in [2.75, 3.05) is 0 Å². The van der Waals surface area contributed by atoms with Gasteiger partial charge in [0, 0.05) is 0 Å². The van der Waals surface area contributed by atoms with Gasteiger partial charge in [0.2, 0.25) is 0 Å². The molecular weight excluding hydrogens is 1860 g/mol. The van der Waals surface area contributed by atoms with Crippen molar-refractivity contribution < 1.29 is 222 Å². The van der Waals surface area contributed by atoms with Crippen molar-refractivity contribution in [2.45, 2.75) is 0 Å². The molecule has 0 aromatic rings. The maximum absolute atomic E-state index is 6.25. The number of hydrogen-bond acceptors (Lipinski definition) is 42. The molecule has 0 spiro atoms. The van der Waals surface area contributed by atoms with E-state index in [0.717, 1.165) is 0 Å². The van der Waals surface area contributed by atoms with E-state index in [2.05, 4.69) is 0 Å². The predicted molar refractivity (Wildman–Crippen MR) is 227 cm³/mol. The first-order valence-corrected chi connectivity index (χ1v) is 9.39. The number of rotatable bonds is 0. The van der Waals surface area contributed by atoms with E-state index < -0.39 is 0 Å². The third-order valence-electron chi connectivity index (χ3n) is 0. The van der Waals surface area contributed by atoms with Crippen LogP contribution < -0.4 is 18.5 Å². The second kappa shape index (κ2) is 2670. The van der Waals surface area contributed by atoms with Crippen LogP contribution >= 0.6 is 0 Å². The van der Waals surface area contributed by atoms with E-state index in [4.69, 9.17) is 497 Å². The molecule has 0 aliphatic rings. The molecule has 0 bridgehead atoms. The molecule has 0 atom stereocenters. The van der Waals surface area contributed by atoms with Crippen LogP contribution in [0.4, 0.5) is 0 Å². The number of nitrogens with zero attached hydrogens (tertiary/aromatic N) is 42. The van der Waals surface area contributed by atoms with E-state index in [9.17, 15) is 0 Å². The normalized spacial score (nSPS) is 0.840. The molecule has 0 amide bonds. The molecule has 13 radical (unpaired) electrons. The molecule has 58 heteroatoms. The molecule has 12 N–H and O–H groups in total. The van der Waals surface area contributed by atoms with Crippen LogP contribution in [0.25, 0.3) is 0 Å². The van der Waals surface area contributed by atoms with Crippen molar-refractivity contribution in [3.63, 3.8) is 0 Å². The number of quaternary nitrogens is 3. The van der Waals surface area contributed by atoms with Crippen LogP contribution in [0, 0.1) is 497 Å². The minimum absolute atomic E-state index is 0. The molecule has 0 saturated carbocycles. The third-order valence-corrected chi connectivity index (χ3v) is 0. The minimum atomic E-state index is 0. The van der Waals surface area contributed by atoms with E-state index in [0.29, 0.717) is 0 Å². The summed E-state index contributed by atoms with van der Waals surface area (Å²) in [4.78, 5) is 0. The maximum atomic E-state index is 6.25. The Balaban J connectivity index is -0.00000000321. The van der Waals surface area contributed by atoms with E-state index in [1.54, 1.807) is 0 Å². The van der Waals surface area contributed by atoms with Gasteiger partial charge in [-0.1, -0.05) is 0 Å². The summed E-state index contributed by atoms with van der Waals surface area (Å²) in [7, 11) is 0. The molecule has 0 heterocycles. The molecular formula is C42H12Fe13N45. The van der Waals surface area contributed by atoms with E-state index in [1.807, 2.05) is 0 Å². The Morgan fingerprint density at radius 3 is 0.0500 bits per heavy atom. The first kappa shape index (κ1) is 816. The van der Waals surface area contributed by atoms with E-state index in [1.165, 1.54) is 0 Å². The van der Waals surface area contributed by atoms with Gasteiger partial charge in [0.05, 0.1) is 0 Å². The fourth-order valence-electron chi connectivity index (χ4n) is 0. The Morgan fingerprint density at radius 1 is 0.0500 bits per heavy atom. The molecule has 0 aliphatic heterocycles. The second-order valence-corrected chi connectivity index (χ2v) is 0. The summed E-state index contributed by atoms with van der Waals surface area (Å²) in [6.45, 7) is 200.